The van der Waals surface area contributed by atoms with E-state index < -0.39 is 0 Å². The van der Waals surface area contributed by atoms with Gasteiger partial charge in [-0.3, -0.25) is 0 Å². The molecule has 1 aromatic heterocycles. The van der Waals surface area contributed by atoms with Crippen molar-refractivity contribution in [1.82, 2.24) is 4.98 Å². The zero-order valence-corrected chi connectivity index (χ0v) is 9.49. The molecule has 1 N–H and O–H groups in total. The number of hydrogen-bond acceptors (Lipinski definition) is 3. The zero-order valence-electron chi connectivity index (χ0n) is 9.49. The Hall–Kier alpha value is -1.16. The third-order valence-electron chi connectivity index (χ3n) is 3.28. The second-order valence-electron chi connectivity index (χ2n) is 4.27. The number of aromatic nitrogens is 1. The summed E-state index contributed by atoms with van der Waals surface area (Å²) in [5, 5.41) is 9.00. The lowest BCUT2D eigenvalue weighted by Crippen LogP contribution is -2.22. The maximum absolute atomic E-state index is 13.9. The first-order valence-corrected chi connectivity index (χ1v) is 5.75. The average Bonchev–Trinajstić information content (AvgIpc) is 2.78. The lowest BCUT2D eigenvalue weighted by Gasteiger charge is -2.18. The highest BCUT2D eigenvalue weighted by molar-refractivity contribution is 5.43. The van der Waals surface area contributed by atoms with Crippen LogP contribution in [0.2, 0.25) is 0 Å². The van der Waals surface area contributed by atoms with Gasteiger partial charge < -0.3 is 10.0 Å². The Kier molecular flexibility index (Phi) is 3.39. The van der Waals surface area contributed by atoms with Crippen LogP contribution in [-0.4, -0.2) is 23.2 Å². The minimum absolute atomic E-state index is 0.271. The summed E-state index contributed by atoms with van der Waals surface area (Å²) in [6.07, 6.45) is 3.78. The van der Waals surface area contributed by atoms with Crippen LogP contribution in [0.1, 0.15) is 25.3 Å². The molecule has 0 radical (unpaired) electrons. The van der Waals surface area contributed by atoms with E-state index in [0.29, 0.717) is 17.3 Å². The van der Waals surface area contributed by atoms with Gasteiger partial charge in [0.05, 0.1) is 6.61 Å². The highest BCUT2D eigenvalue weighted by Gasteiger charge is 2.24. The maximum Gasteiger partial charge on any atom is 0.171 e. The van der Waals surface area contributed by atoms with Gasteiger partial charge in [-0.1, -0.05) is 13.3 Å². The van der Waals surface area contributed by atoms with E-state index in [1.807, 2.05) is 4.90 Å². The molecule has 0 spiro atoms. The van der Waals surface area contributed by atoms with Crippen LogP contribution in [0.3, 0.4) is 0 Å². The van der Waals surface area contributed by atoms with Crippen LogP contribution in [0.25, 0.3) is 0 Å². The summed E-state index contributed by atoms with van der Waals surface area (Å²) in [5.74, 6) is 0.656. The number of aliphatic hydroxyl groups is 1. The molecule has 4 heteroatoms. The fourth-order valence-corrected chi connectivity index (χ4v) is 2.17. The molecule has 1 fully saturated rings. The summed E-state index contributed by atoms with van der Waals surface area (Å²) >= 11 is 0. The van der Waals surface area contributed by atoms with Crippen molar-refractivity contribution < 1.29 is 9.50 Å². The van der Waals surface area contributed by atoms with Crippen LogP contribution in [0.5, 0.6) is 0 Å². The normalized spacial score (nSPS) is 20.4. The Morgan fingerprint density at radius 3 is 3.06 bits per heavy atom. The van der Waals surface area contributed by atoms with Crippen molar-refractivity contribution in [3.05, 3.63) is 23.6 Å². The Bertz CT molecular complexity index is 370. The monoisotopic (exact) mass is 224 g/mol. The Morgan fingerprint density at radius 2 is 2.44 bits per heavy atom. The summed E-state index contributed by atoms with van der Waals surface area (Å²) in [6, 6.07) is 1.52. The van der Waals surface area contributed by atoms with Gasteiger partial charge in [-0.05, 0) is 18.4 Å². The summed E-state index contributed by atoms with van der Waals surface area (Å²) < 4.78 is 13.9. The molecule has 1 aromatic rings. The van der Waals surface area contributed by atoms with E-state index in [2.05, 4.69) is 11.9 Å². The number of aliphatic hydroxyl groups excluding tert-OH is 1. The molecular formula is C12H17FN2O. The predicted molar refractivity (Wildman–Crippen MR) is 60.7 cm³/mol. The number of halogens is 1. The lowest BCUT2D eigenvalue weighted by atomic mass is 10.1. The van der Waals surface area contributed by atoms with Gasteiger partial charge in [0.15, 0.2) is 11.6 Å². The minimum atomic E-state index is -0.373. The number of nitrogens with zero attached hydrogens (tertiary/aromatic N) is 2. The Morgan fingerprint density at radius 1 is 1.62 bits per heavy atom. The largest absolute Gasteiger partial charge is 0.392 e. The second kappa shape index (κ2) is 4.78. The van der Waals surface area contributed by atoms with Crippen LogP contribution >= 0.6 is 0 Å². The van der Waals surface area contributed by atoms with Gasteiger partial charge in [0.2, 0.25) is 0 Å². The van der Waals surface area contributed by atoms with Gasteiger partial charge in [-0.25, -0.2) is 9.37 Å². The number of rotatable bonds is 3. The van der Waals surface area contributed by atoms with Gasteiger partial charge in [-0.15, -0.1) is 0 Å². The van der Waals surface area contributed by atoms with E-state index in [4.69, 9.17) is 5.11 Å². The van der Waals surface area contributed by atoms with Gasteiger partial charge in [0, 0.05) is 24.8 Å². The molecule has 2 heterocycles. The van der Waals surface area contributed by atoms with Crippen molar-refractivity contribution >= 4 is 5.82 Å². The van der Waals surface area contributed by atoms with E-state index in [1.165, 1.54) is 6.07 Å². The highest BCUT2D eigenvalue weighted by Crippen LogP contribution is 2.27. The number of anilines is 1. The first-order valence-electron chi connectivity index (χ1n) is 5.75. The van der Waals surface area contributed by atoms with Crippen molar-refractivity contribution in [2.45, 2.75) is 26.4 Å². The van der Waals surface area contributed by atoms with Crippen LogP contribution in [0.4, 0.5) is 10.2 Å². The van der Waals surface area contributed by atoms with Gasteiger partial charge in [0.25, 0.3) is 0 Å². The van der Waals surface area contributed by atoms with Crippen LogP contribution in [0, 0.1) is 11.7 Å². The summed E-state index contributed by atoms with van der Waals surface area (Å²) in [7, 11) is 0. The minimum Gasteiger partial charge on any atom is -0.392 e. The van der Waals surface area contributed by atoms with Crippen molar-refractivity contribution in [3.8, 4) is 0 Å². The fourth-order valence-electron chi connectivity index (χ4n) is 2.17. The Balaban J connectivity index is 2.21. The molecule has 1 saturated heterocycles. The number of pyridine rings is 1. The second-order valence-corrected chi connectivity index (χ2v) is 4.27. The molecule has 0 amide bonds. The molecule has 88 valence electrons. The topological polar surface area (TPSA) is 36.4 Å². The molecule has 0 aliphatic carbocycles. The van der Waals surface area contributed by atoms with E-state index >= 15 is 0 Å². The molecule has 0 aromatic carbocycles. The van der Waals surface area contributed by atoms with Crippen LogP contribution in [0.15, 0.2) is 12.3 Å². The average molecular weight is 224 g/mol. The third-order valence-corrected chi connectivity index (χ3v) is 3.28. The molecule has 16 heavy (non-hydrogen) atoms. The van der Waals surface area contributed by atoms with Crippen molar-refractivity contribution in [2.24, 2.45) is 5.92 Å². The molecule has 0 bridgehead atoms. The Labute approximate surface area is 94.9 Å². The first kappa shape index (κ1) is 11.3. The van der Waals surface area contributed by atoms with Gasteiger partial charge in [-0.2, -0.15) is 0 Å². The van der Waals surface area contributed by atoms with E-state index in [0.717, 1.165) is 25.9 Å². The standard InChI is InChI=1S/C12H17FN2O/c1-2-9-4-6-15(7-9)12-11(13)10(8-16)3-5-14-12/h3,5,9,16H,2,4,6-8H2,1H3. The zero-order chi connectivity index (χ0) is 11.5. The predicted octanol–water partition coefficient (Wildman–Crippen LogP) is 1.95. The summed E-state index contributed by atoms with van der Waals surface area (Å²) in [4.78, 5) is 6.05. The van der Waals surface area contributed by atoms with E-state index in [-0.39, 0.29) is 12.4 Å². The van der Waals surface area contributed by atoms with E-state index in [1.54, 1.807) is 6.20 Å². The fraction of sp³-hybridized carbons (Fsp3) is 0.583. The van der Waals surface area contributed by atoms with Gasteiger partial charge >= 0.3 is 0 Å². The quantitative estimate of drug-likeness (QED) is 0.852. The SMILES string of the molecule is CCC1CCN(c2nccc(CO)c2F)C1. The molecule has 1 atom stereocenters. The lowest BCUT2D eigenvalue weighted by molar-refractivity contribution is 0.275. The van der Waals surface area contributed by atoms with Crippen molar-refractivity contribution in [2.75, 3.05) is 18.0 Å². The third kappa shape index (κ3) is 2.02. The molecule has 1 aliphatic heterocycles. The van der Waals surface area contributed by atoms with Gasteiger partial charge in [0.1, 0.15) is 0 Å². The molecule has 1 unspecified atom stereocenters. The molecule has 2 rings (SSSR count). The molecular weight excluding hydrogens is 207 g/mol. The van der Waals surface area contributed by atoms with Crippen molar-refractivity contribution in [3.63, 3.8) is 0 Å². The first-order chi connectivity index (χ1) is 7.76. The molecule has 3 nitrogen and oxygen atoms in total. The maximum atomic E-state index is 13.9. The smallest absolute Gasteiger partial charge is 0.171 e. The summed E-state index contributed by atoms with van der Waals surface area (Å²) in [5.41, 5.74) is 0.324. The molecule has 1 aliphatic rings. The van der Waals surface area contributed by atoms with Crippen LogP contribution < -0.4 is 4.90 Å². The van der Waals surface area contributed by atoms with E-state index in [9.17, 15) is 4.39 Å². The van der Waals surface area contributed by atoms with Crippen LogP contribution in [-0.2, 0) is 6.61 Å². The summed E-state index contributed by atoms with van der Waals surface area (Å²) in [6.45, 7) is 3.61. The van der Waals surface area contributed by atoms with Crippen molar-refractivity contribution in [1.29, 1.82) is 0 Å². The molecule has 0 saturated carbocycles. The number of hydrogen-bond donors (Lipinski definition) is 1. The highest BCUT2D eigenvalue weighted by atomic mass is 19.1.